The maximum absolute atomic E-state index is 12.1. The largest absolute Gasteiger partial charge is 0.456 e. The van der Waals surface area contributed by atoms with E-state index >= 15 is 0 Å². The van der Waals surface area contributed by atoms with Gasteiger partial charge in [-0.15, -0.1) is 11.8 Å². The summed E-state index contributed by atoms with van der Waals surface area (Å²) in [5, 5.41) is 4.68. The van der Waals surface area contributed by atoms with E-state index in [1.165, 1.54) is 18.7 Å². The van der Waals surface area contributed by atoms with E-state index in [-0.39, 0.29) is 18.1 Å². The number of rotatable bonds is 6. The van der Waals surface area contributed by atoms with Gasteiger partial charge in [0.1, 0.15) is 0 Å². The monoisotopic (exact) mass is 398 g/mol. The van der Waals surface area contributed by atoms with Crippen molar-refractivity contribution in [2.45, 2.75) is 23.5 Å². The molecule has 1 aliphatic heterocycles. The highest BCUT2D eigenvalue weighted by atomic mass is 32.2. The van der Waals surface area contributed by atoms with Crippen molar-refractivity contribution < 1.29 is 23.9 Å². The number of anilines is 2. The van der Waals surface area contributed by atoms with Gasteiger partial charge in [0.25, 0.3) is 5.91 Å². The Morgan fingerprint density at radius 1 is 1.11 bits per heavy atom. The smallest absolute Gasteiger partial charge is 0.307 e. The van der Waals surface area contributed by atoms with Gasteiger partial charge in [-0.3, -0.25) is 19.2 Å². The Morgan fingerprint density at radius 2 is 1.82 bits per heavy atom. The van der Waals surface area contributed by atoms with Gasteiger partial charge in [-0.25, -0.2) is 0 Å². The highest BCUT2D eigenvalue weighted by Gasteiger charge is 2.29. The average molecular weight is 398 g/mol. The van der Waals surface area contributed by atoms with Crippen LogP contribution in [0.25, 0.3) is 0 Å². The fourth-order valence-corrected chi connectivity index (χ4v) is 3.76. The molecule has 0 saturated carbocycles. The van der Waals surface area contributed by atoms with Gasteiger partial charge in [-0.1, -0.05) is 24.3 Å². The molecule has 0 aliphatic carbocycles. The average Bonchev–Trinajstić information content (AvgIpc) is 2.67. The van der Waals surface area contributed by atoms with E-state index in [2.05, 4.69) is 10.6 Å². The first kappa shape index (κ1) is 19.6. The van der Waals surface area contributed by atoms with Gasteiger partial charge in [-0.05, 0) is 31.2 Å². The van der Waals surface area contributed by atoms with E-state index in [9.17, 15) is 19.2 Å². The second-order valence-electron chi connectivity index (χ2n) is 6.11. The van der Waals surface area contributed by atoms with Crippen LogP contribution in [0.3, 0.4) is 0 Å². The minimum atomic E-state index is -0.651. The van der Waals surface area contributed by atoms with Crippen molar-refractivity contribution in [2.24, 2.45) is 0 Å². The Labute approximate surface area is 165 Å². The summed E-state index contributed by atoms with van der Waals surface area (Å²) in [5.41, 5.74) is 1.44. The Kier molecular flexibility index (Phi) is 6.10. The van der Waals surface area contributed by atoms with Crippen molar-refractivity contribution in [2.75, 3.05) is 17.2 Å². The number of ether oxygens (including phenoxy) is 1. The lowest BCUT2D eigenvalue weighted by Gasteiger charge is -2.23. The molecule has 1 unspecified atom stereocenters. The van der Waals surface area contributed by atoms with Crippen molar-refractivity contribution in [1.29, 1.82) is 0 Å². The molecule has 0 radical (unpaired) electrons. The van der Waals surface area contributed by atoms with Gasteiger partial charge in [0.15, 0.2) is 12.4 Å². The van der Waals surface area contributed by atoms with Crippen LogP contribution >= 0.6 is 11.8 Å². The second-order valence-corrected chi connectivity index (χ2v) is 7.35. The van der Waals surface area contributed by atoms with Crippen molar-refractivity contribution in [1.82, 2.24) is 0 Å². The Hall–Kier alpha value is -3.13. The highest BCUT2D eigenvalue weighted by molar-refractivity contribution is 8.01. The maximum atomic E-state index is 12.1. The molecule has 144 valence electrons. The molecule has 0 fully saturated rings. The molecule has 2 N–H and O–H groups in total. The molecule has 0 bridgehead atoms. The Morgan fingerprint density at radius 3 is 2.61 bits per heavy atom. The van der Waals surface area contributed by atoms with E-state index in [1.54, 1.807) is 30.3 Å². The third kappa shape index (κ3) is 4.77. The Balaban J connectivity index is 1.51. The molecule has 7 nitrogen and oxygen atoms in total. The molecule has 0 aromatic heterocycles. The van der Waals surface area contributed by atoms with Crippen LogP contribution in [0.5, 0.6) is 0 Å². The van der Waals surface area contributed by atoms with Crippen molar-refractivity contribution in [3.05, 3.63) is 54.1 Å². The van der Waals surface area contributed by atoms with Crippen LogP contribution in [-0.4, -0.2) is 35.4 Å². The summed E-state index contributed by atoms with van der Waals surface area (Å²) in [6.07, 6.45) is -0.151. The molecule has 1 heterocycles. The maximum Gasteiger partial charge on any atom is 0.307 e. The van der Waals surface area contributed by atoms with Crippen LogP contribution in [0.2, 0.25) is 0 Å². The number of ketones is 1. The molecule has 3 rings (SSSR count). The molecule has 28 heavy (non-hydrogen) atoms. The first-order chi connectivity index (χ1) is 13.4. The summed E-state index contributed by atoms with van der Waals surface area (Å²) >= 11 is 1.28. The molecule has 0 saturated heterocycles. The van der Waals surface area contributed by atoms with E-state index < -0.39 is 23.7 Å². The summed E-state index contributed by atoms with van der Waals surface area (Å²) in [4.78, 5) is 48.7. The predicted octanol–water partition coefficient (Wildman–Crippen LogP) is 2.87. The van der Waals surface area contributed by atoms with Crippen LogP contribution in [0, 0.1) is 0 Å². The number of hydrogen-bond acceptors (Lipinski definition) is 6. The fourth-order valence-electron chi connectivity index (χ4n) is 2.67. The topological polar surface area (TPSA) is 102 Å². The van der Waals surface area contributed by atoms with Crippen molar-refractivity contribution in [3.8, 4) is 0 Å². The van der Waals surface area contributed by atoms with Crippen LogP contribution in [-0.2, 0) is 19.1 Å². The number of fused-ring (bicyclic) bond motifs is 1. The first-order valence-electron chi connectivity index (χ1n) is 8.56. The number of nitrogens with one attached hydrogen (secondary N) is 2. The van der Waals surface area contributed by atoms with Crippen LogP contribution in [0.1, 0.15) is 23.7 Å². The third-order valence-electron chi connectivity index (χ3n) is 4.00. The van der Waals surface area contributed by atoms with Crippen molar-refractivity contribution >= 4 is 46.7 Å². The lowest BCUT2D eigenvalue weighted by atomic mass is 10.1. The highest BCUT2D eigenvalue weighted by Crippen LogP contribution is 2.36. The zero-order valence-corrected chi connectivity index (χ0v) is 15.9. The number of carbonyl (C=O) groups excluding carboxylic acids is 4. The van der Waals surface area contributed by atoms with Gasteiger partial charge < -0.3 is 15.4 Å². The van der Waals surface area contributed by atoms with Gasteiger partial charge in [0, 0.05) is 10.5 Å². The number of thioether (sulfide) groups is 1. The second kappa shape index (κ2) is 8.71. The van der Waals surface area contributed by atoms with Gasteiger partial charge in [0.2, 0.25) is 5.91 Å². The molecule has 8 heteroatoms. The number of carbonyl (C=O) groups is 4. The van der Waals surface area contributed by atoms with Crippen LogP contribution in [0.15, 0.2) is 53.4 Å². The number of amides is 2. The van der Waals surface area contributed by atoms with Gasteiger partial charge >= 0.3 is 5.97 Å². The molecule has 1 aliphatic rings. The lowest BCUT2D eigenvalue weighted by Crippen LogP contribution is -2.32. The number of benzene rings is 2. The van der Waals surface area contributed by atoms with E-state index in [0.717, 1.165) is 4.90 Å². The zero-order chi connectivity index (χ0) is 20.1. The quantitative estimate of drug-likeness (QED) is 0.573. The summed E-state index contributed by atoms with van der Waals surface area (Å²) in [5.74, 6) is -1.68. The van der Waals surface area contributed by atoms with Crippen LogP contribution in [0.4, 0.5) is 11.4 Å². The predicted molar refractivity (Wildman–Crippen MR) is 105 cm³/mol. The van der Waals surface area contributed by atoms with Crippen molar-refractivity contribution in [3.63, 3.8) is 0 Å². The number of esters is 1. The standard InChI is InChI=1S/C20H18N2O5S/c1-12(23)13-6-2-3-7-14(13)21-18(24)11-27-19(25)10-17-20(26)22-15-8-4-5-9-16(15)28-17/h2-9,17H,10-11H2,1H3,(H,21,24)(H,22,26). The van der Waals surface area contributed by atoms with Gasteiger partial charge in [-0.2, -0.15) is 0 Å². The first-order valence-corrected chi connectivity index (χ1v) is 9.44. The summed E-state index contributed by atoms with van der Waals surface area (Å²) in [6.45, 7) is 0.900. The molecule has 2 amide bonds. The lowest BCUT2D eigenvalue weighted by molar-refractivity contribution is -0.147. The molecule has 1 atom stereocenters. The van der Waals surface area contributed by atoms with E-state index in [0.29, 0.717) is 16.9 Å². The fraction of sp³-hybridized carbons (Fsp3) is 0.200. The summed E-state index contributed by atoms with van der Waals surface area (Å²) < 4.78 is 4.99. The van der Waals surface area contributed by atoms with Crippen LogP contribution < -0.4 is 10.6 Å². The minimum Gasteiger partial charge on any atom is -0.456 e. The molecular weight excluding hydrogens is 380 g/mol. The molecule has 2 aromatic rings. The SMILES string of the molecule is CC(=O)c1ccccc1NC(=O)COC(=O)CC1Sc2ccccc2NC1=O. The zero-order valence-electron chi connectivity index (χ0n) is 15.1. The summed E-state index contributed by atoms with van der Waals surface area (Å²) in [7, 11) is 0. The minimum absolute atomic E-state index is 0.151. The van der Waals surface area contributed by atoms with E-state index in [4.69, 9.17) is 4.74 Å². The normalized spacial score (nSPS) is 15.2. The third-order valence-corrected chi connectivity index (χ3v) is 5.28. The van der Waals surface area contributed by atoms with E-state index in [1.807, 2.05) is 18.2 Å². The number of Topliss-reactive ketones (excluding diaryl/α,β-unsaturated/α-hetero) is 1. The summed E-state index contributed by atoms with van der Waals surface area (Å²) in [6, 6.07) is 13.9. The van der Waals surface area contributed by atoms with Gasteiger partial charge in [0.05, 0.1) is 23.0 Å². The number of hydrogen-bond donors (Lipinski definition) is 2. The molecule has 0 spiro atoms. The number of para-hydroxylation sites is 2. The Bertz CT molecular complexity index is 944. The molecule has 2 aromatic carbocycles. The molecular formula is C20H18N2O5S.